The number of benzene rings is 1. The molecule has 2 N–H and O–H groups in total. The van der Waals surface area contributed by atoms with Crippen molar-refractivity contribution in [1.29, 1.82) is 0 Å². The van der Waals surface area contributed by atoms with E-state index in [2.05, 4.69) is 15.9 Å². The normalized spacial score (nSPS) is 13.2. The van der Waals surface area contributed by atoms with Gasteiger partial charge in [-0.05, 0) is 30.5 Å². The van der Waals surface area contributed by atoms with E-state index in [1.54, 1.807) is 12.1 Å². The van der Waals surface area contributed by atoms with Crippen molar-refractivity contribution < 1.29 is 8.78 Å². The summed E-state index contributed by atoms with van der Waals surface area (Å²) in [5.41, 5.74) is 6.53. The first-order valence-corrected chi connectivity index (χ1v) is 5.63. The van der Waals surface area contributed by atoms with Crippen LogP contribution in [0, 0.1) is 0 Å². The minimum atomic E-state index is -2.43. The summed E-state index contributed by atoms with van der Waals surface area (Å²) in [5, 5.41) is 0. The third kappa shape index (κ3) is 3.24. The molecule has 84 valence electrons. The zero-order chi connectivity index (χ0) is 11.4. The molecule has 0 fully saturated rings. The summed E-state index contributed by atoms with van der Waals surface area (Å²) >= 11 is 3.16. The van der Waals surface area contributed by atoms with Crippen molar-refractivity contribution in [2.45, 2.75) is 25.7 Å². The standard InChI is InChI=1S/C11H14BrF2N/c1-7(4-5-15)8-2-3-9(11(13)14)10(12)6-8/h2-3,6-7,11H,4-5,15H2,1H3. The highest BCUT2D eigenvalue weighted by molar-refractivity contribution is 9.10. The Hall–Kier alpha value is -0.480. The Kier molecular flexibility index (Phi) is 4.67. The zero-order valence-corrected chi connectivity index (χ0v) is 10.1. The van der Waals surface area contributed by atoms with E-state index in [9.17, 15) is 8.78 Å². The third-order valence-electron chi connectivity index (χ3n) is 2.43. The van der Waals surface area contributed by atoms with E-state index in [-0.39, 0.29) is 5.56 Å². The maximum absolute atomic E-state index is 12.5. The summed E-state index contributed by atoms with van der Waals surface area (Å²) in [6, 6.07) is 4.96. The van der Waals surface area contributed by atoms with E-state index in [4.69, 9.17) is 5.73 Å². The molecule has 0 aromatic heterocycles. The molecule has 0 saturated carbocycles. The second kappa shape index (κ2) is 5.56. The number of alkyl halides is 2. The lowest BCUT2D eigenvalue weighted by Crippen LogP contribution is -2.04. The van der Waals surface area contributed by atoms with Crippen LogP contribution in [0.5, 0.6) is 0 Å². The van der Waals surface area contributed by atoms with Gasteiger partial charge >= 0.3 is 0 Å². The van der Waals surface area contributed by atoms with Crippen LogP contribution in [0.4, 0.5) is 8.78 Å². The van der Waals surface area contributed by atoms with Crippen LogP contribution in [0.3, 0.4) is 0 Å². The highest BCUT2D eigenvalue weighted by Crippen LogP contribution is 2.30. The Labute approximate surface area is 96.8 Å². The lowest BCUT2D eigenvalue weighted by molar-refractivity contribution is 0.150. The molecule has 0 spiro atoms. The van der Waals surface area contributed by atoms with Crippen LogP contribution in [-0.2, 0) is 0 Å². The molecule has 1 nitrogen and oxygen atoms in total. The summed E-state index contributed by atoms with van der Waals surface area (Å²) in [5.74, 6) is 0.304. The van der Waals surface area contributed by atoms with Gasteiger partial charge in [-0.2, -0.15) is 0 Å². The van der Waals surface area contributed by atoms with Crippen molar-refractivity contribution in [2.24, 2.45) is 5.73 Å². The van der Waals surface area contributed by atoms with Crippen LogP contribution in [0.1, 0.15) is 36.8 Å². The summed E-state index contributed by atoms with van der Waals surface area (Å²) in [6.07, 6.45) is -1.57. The lowest BCUT2D eigenvalue weighted by atomic mass is 9.97. The van der Waals surface area contributed by atoms with Gasteiger partial charge in [0.25, 0.3) is 6.43 Å². The second-order valence-corrected chi connectivity index (χ2v) is 4.41. The van der Waals surface area contributed by atoms with Crippen LogP contribution in [-0.4, -0.2) is 6.54 Å². The van der Waals surface area contributed by atoms with Gasteiger partial charge in [0.05, 0.1) is 0 Å². The molecule has 1 atom stereocenters. The van der Waals surface area contributed by atoms with Crippen LogP contribution < -0.4 is 5.73 Å². The highest BCUT2D eigenvalue weighted by atomic mass is 79.9. The van der Waals surface area contributed by atoms with Crippen LogP contribution in [0.2, 0.25) is 0 Å². The number of hydrogen-bond acceptors (Lipinski definition) is 1. The Balaban J connectivity index is 2.91. The zero-order valence-electron chi connectivity index (χ0n) is 8.51. The molecule has 1 aromatic carbocycles. The average Bonchev–Trinajstić information content (AvgIpc) is 2.17. The molecule has 0 bridgehead atoms. The quantitative estimate of drug-likeness (QED) is 0.889. The predicted molar refractivity (Wildman–Crippen MR) is 61.2 cm³/mol. The van der Waals surface area contributed by atoms with Crippen LogP contribution in [0.15, 0.2) is 22.7 Å². The molecular weight excluding hydrogens is 264 g/mol. The van der Waals surface area contributed by atoms with Gasteiger partial charge in [-0.15, -0.1) is 0 Å². The summed E-state index contributed by atoms with van der Waals surface area (Å²) in [6.45, 7) is 2.64. The van der Waals surface area contributed by atoms with E-state index in [0.717, 1.165) is 12.0 Å². The van der Waals surface area contributed by atoms with Crippen molar-refractivity contribution in [3.05, 3.63) is 33.8 Å². The molecule has 0 aliphatic rings. The predicted octanol–water partition coefficient (Wildman–Crippen LogP) is 3.84. The minimum Gasteiger partial charge on any atom is -0.330 e. The van der Waals surface area contributed by atoms with Gasteiger partial charge in [-0.1, -0.05) is 35.0 Å². The monoisotopic (exact) mass is 277 g/mol. The van der Waals surface area contributed by atoms with Gasteiger partial charge in [0.2, 0.25) is 0 Å². The molecule has 4 heteroatoms. The molecular formula is C11H14BrF2N. The Morgan fingerprint density at radius 1 is 1.40 bits per heavy atom. The van der Waals surface area contributed by atoms with E-state index < -0.39 is 6.43 Å². The molecule has 1 rings (SSSR count). The first-order chi connectivity index (χ1) is 7.06. The SMILES string of the molecule is CC(CCN)c1ccc(C(F)F)c(Br)c1. The fourth-order valence-electron chi connectivity index (χ4n) is 1.44. The number of halogens is 3. The average molecular weight is 278 g/mol. The minimum absolute atomic E-state index is 0.0405. The molecule has 0 radical (unpaired) electrons. The Morgan fingerprint density at radius 3 is 2.53 bits per heavy atom. The second-order valence-electron chi connectivity index (χ2n) is 3.56. The molecule has 0 amide bonds. The summed E-state index contributed by atoms with van der Waals surface area (Å²) < 4.78 is 25.4. The smallest absolute Gasteiger partial charge is 0.264 e. The highest BCUT2D eigenvalue weighted by Gasteiger charge is 2.13. The van der Waals surface area contributed by atoms with E-state index >= 15 is 0 Å². The lowest BCUT2D eigenvalue weighted by Gasteiger charge is -2.12. The fourth-order valence-corrected chi connectivity index (χ4v) is 2.01. The third-order valence-corrected chi connectivity index (χ3v) is 3.12. The maximum Gasteiger partial charge on any atom is 0.264 e. The number of nitrogens with two attached hydrogens (primary N) is 1. The molecule has 0 saturated heterocycles. The van der Waals surface area contributed by atoms with E-state index in [1.165, 1.54) is 6.07 Å². The van der Waals surface area contributed by atoms with E-state index in [1.807, 2.05) is 6.92 Å². The van der Waals surface area contributed by atoms with Gasteiger partial charge in [0.15, 0.2) is 0 Å². The van der Waals surface area contributed by atoms with Gasteiger partial charge < -0.3 is 5.73 Å². The van der Waals surface area contributed by atoms with Crippen LogP contribution >= 0.6 is 15.9 Å². The summed E-state index contributed by atoms with van der Waals surface area (Å²) in [7, 11) is 0. The van der Waals surface area contributed by atoms with Gasteiger partial charge in [-0.3, -0.25) is 0 Å². The Morgan fingerprint density at radius 2 is 2.07 bits per heavy atom. The largest absolute Gasteiger partial charge is 0.330 e. The Bertz CT molecular complexity index is 328. The van der Waals surface area contributed by atoms with Crippen molar-refractivity contribution in [1.82, 2.24) is 0 Å². The summed E-state index contributed by atoms with van der Waals surface area (Å²) in [4.78, 5) is 0. The number of rotatable bonds is 4. The van der Waals surface area contributed by atoms with Gasteiger partial charge in [-0.25, -0.2) is 8.78 Å². The van der Waals surface area contributed by atoms with E-state index in [0.29, 0.717) is 16.9 Å². The first-order valence-electron chi connectivity index (χ1n) is 4.83. The van der Waals surface area contributed by atoms with Gasteiger partial charge in [0.1, 0.15) is 0 Å². The molecule has 0 aliphatic carbocycles. The van der Waals surface area contributed by atoms with Crippen molar-refractivity contribution in [3.8, 4) is 0 Å². The molecule has 1 aromatic rings. The molecule has 15 heavy (non-hydrogen) atoms. The molecule has 0 aliphatic heterocycles. The number of hydrogen-bond donors (Lipinski definition) is 1. The molecule has 0 heterocycles. The fraction of sp³-hybridized carbons (Fsp3) is 0.455. The van der Waals surface area contributed by atoms with Crippen molar-refractivity contribution >= 4 is 15.9 Å². The van der Waals surface area contributed by atoms with Crippen molar-refractivity contribution in [2.75, 3.05) is 6.54 Å². The first kappa shape index (κ1) is 12.6. The van der Waals surface area contributed by atoms with Gasteiger partial charge in [0, 0.05) is 10.0 Å². The van der Waals surface area contributed by atoms with Crippen LogP contribution in [0.25, 0.3) is 0 Å². The molecule has 1 unspecified atom stereocenters. The maximum atomic E-state index is 12.5. The topological polar surface area (TPSA) is 26.0 Å². The van der Waals surface area contributed by atoms with Crippen molar-refractivity contribution in [3.63, 3.8) is 0 Å².